The molecule has 7 heteroatoms. The normalized spacial score (nSPS) is 10.1. The number of aliphatic hydroxyl groups excluding tert-OH is 1. The highest BCUT2D eigenvalue weighted by molar-refractivity contribution is 5.68. The van der Waals surface area contributed by atoms with Crippen LogP contribution in [0.5, 0.6) is 11.5 Å². The van der Waals surface area contributed by atoms with Gasteiger partial charge < -0.3 is 15.3 Å². The van der Waals surface area contributed by atoms with Gasteiger partial charge in [0.1, 0.15) is 11.4 Å². The Hall–Kier alpha value is -2.64. The molecule has 4 N–H and O–H groups in total. The summed E-state index contributed by atoms with van der Waals surface area (Å²) >= 11 is 0. The summed E-state index contributed by atoms with van der Waals surface area (Å²) in [7, 11) is 0. The van der Waals surface area contributed by atoms with Crippen molar-refractivity contribution in [1.29, 1.82) is 0 Å². The van der Waals surface area contributed by atoms with Crippen molar-refractivity contribution in [2.45, 2.75) is 6.61 Å². The summed E-state index contributed by atoms with van der Waals surface area (Å²) in [5.41, 5.74) is 2.68. The lowest BCUT2D eigenvalue weighted by Gasteiger charge is -2.11. The van der Waals surface area contributed by atoms with Crippen LogP contribution in [0.2, 0.25) is 0 Å². The number of rotatable bonds is 5. The van der Waals surface area contributed by atoms with Gasteiger partial charge in [0.15, 0.2) is 0 Å². The third kappa shape index (κ3) is 2.68. The third-order valence-electron chi connectivity index (χ3n) is 2.70. The molecule has 2 aromatic carbocycles. The summed E-state index contributed by atoms with van der Waals surface area (Å²) in [5, 5.41) is 20.4. The van der Waals surface area contributed by atoms with E-state index < -0.39 is 4.92 Å². The molecule has 0 saturated heterocycles. The Kier molecular flexibility index (Phi) is 4.14. The number of nitrogens with two attached hydrogens (primary N) is 1. The zero-order valence-electron chi connectivity index (χ0n) is 10.4. The standard InChI is InChI=1S/C13H13N3O4/c14-15-10-5-3-7-12(13(10)16(18)19)20-11-6-2-1-4-9(11)8-17/h1-7,15,17H,8,14H2. The lowest BCUT2D eigenvalue weighted by Crippen LogP contribution is -2.09. The van der Waals surface area contributed by atoms with E-state index in [-0.39, 0.29) is 23.7 Å². The van der Waals surface area contributed by atoms with Crippen LogP contribution >= 0.6 is 0 Å². The second kappa shape index (κ2) is 6.00. The molecule has 0 fully saturated rings. The Bertz CT molecular complexity index is 631. The van der Waals surface area contributed by atoms with Gasteiger partial charge in [0.25, 0.3) is 0 Å². The number of aliphatic hydroxyl groups is 1. The number of nitro groups is 1. The van der Waals surface area contributed by atoms with Gasteiger partial charge in [-0.1, -0.05) is 24.3 Å². The second-order valence-electron chi connectivity index (χ2n) is 3.92. The number of benzene rings is 2. The molecule has 0 amide bonds. The number of hydrazine groups is 1. The van der Waals surface area contributed by atoms with E-state index in [4.69, 9.17) is 10.6 Å². The van der Waals surface area contributed by atoms with E-state index >= 15 is 0 Å². The molecule has 0 radical (unpaired) electrons. The van der Waals surface area contributed by atoms with Gasteiger partial charge in [0.2, 0.25) is 5.75 Å². The van der Waals surface area contributed by atoms with Crippen molar-refractivity contribution in [2.24, 2.45) is 5.84 Å². The molecule has 0 heterocycles. The largest absolute Gasteiger partial charge is 0.450 e. The highest BCUT2D eigenvalue weighted by Gasteiger charge is 2.21. The highest BCUT2D eigenvalue weighted by Crippen LogP contribution is 2.37. The van der Waals surface area contributed by atoms with Crippen molar-refractivity contribution in [3.05, 3.63) is 58.1 Å². The van der Waals surface area contributed by atoms with Gasteiger partial charge in [-0.25, -0.2) is 0 Å². The predicted molar refractivity (Wildman–Crippen MR) is 73.3 cm³/mol. The van der Waals surface area contributed by atoms with Gasteiger partial charge in [-0.2, -0.15) is 0 Å². The Morgan fingerprint density at radius 3 is 2.55 bits per heavy atom. The summed E-state index contributed by atoms with van der Waals surface area (Å²) in [4.78, 5) is 10.5. The van der Waals surface area contributed by atoms with Crippen molar-refractivity contribution in [3.8, 4) is 11.5 Å². The van der Waals surface area contributed by atoms with Crippen molar-refractivity contribution in [3.63, 3.8) is 0 Å². The number of hydrogen-bond donors (Lipinski definition) is 3. The molecule has 0 aliphatic rings. The molecule has 2 rings (SSSR count). The zero-order valence-corrected chi connectivity index (χ0v) is 10.4. The van der Waals surface area contributed by atoms with Gasteiger partial charge in [-0.3, -0.25) is 16.0 Å². The van der Waals surface area contributed by atoms with E-state index in [0.29, 0.717) is 11.3 Å². The quantitative estimate of drug-likeness (QED) is 0.438. The average molecular weight is 275 g/mol. The summed E-state index contributed by atoms with van der Waals surface area (Å²) in [5.74, 6) is 5.66. The fourth-order valence-electron chi connectivity index (χ4n) is 1.76. The molecule has 0 atom stereocenters. The van der Waals surface area contributed by atoms with E-state index in [9.17, 15) is 15.2 Å². The van der Waals surface area contributed by atoms with E-state index in [1.807, 2.05) is 0 Å². The number of anilines is 1. The molecule has 7 nitrogen and oxygen atoms in total. The van der Waals surface area contributed by atoms with Crippen LogP contribution < -0.4 is 16.0 Å². The lowest BCUT2D eigenvalue weighted by molar-refractivity contribution is -0.384. The fourth-order valence-corrected chi connectivity index (χ4v) is 1.76. The first kappa shape index (κ1) is 13.8. The number of nitrogens with zero attached hydrogens (tertiary/aromatic N) is 1. The third-order valence-corrected chi connectivity index (χ3v) is 2.70. The van der Waals surface area contributed by atoms with Gasteiger partial charge >= 0.3 is 5.69 Å². The van der Waals surface area contributed by atoms with Crippen LogP contribution in [-0.2, 0) is 6.61 Å². The number of ether oxygens (including phenoxy) is 1. The Morgan fingerprint density at radius 1 is 1.20 bits per heavy atom. The van der Waals surface area contributed by atoms with Crippen LogP contribution in [0.3, 0.4) is 0 Å². The minimum atomic E-state index is -0.577. The molecular weight excluding hydrogens is 262 g/mol. The molecule has 0 aromatic heterocycles. The van der Waals surface area contributed by atoms with Gasteiger partial charge in [-0.15, -0.1) is 0 Å². The van der Waals surface area contributed by atoms with E-state index in [0.717, 1.165) is 0 Å². The molecule has 0 saturated carbocycles. The van der Waals surface area contributed by atoms with E-state index in [2.05, 4.69) is 5.43 Å². The van der Waals surface area contributed by atoms with Crippen LogP contribution in [0.15, 0.2) is 42.5 Å². The number of para-hydroxylation sites is 2. The van der Waals surface area contributed by atoms with Crippen molar-refractivity contribution in [1.82, 2.24) is 0 Å². The molecule has 0 unspecified atom stereocenters. The molecular formula is C13H13N3O4. The number of nitrogens with one attached hydrogen (secondary N) is 1. The summed E-state index contributed by atoms with van der Waals surface area (Å²) < 4.78 is 5.54. The molecule has 104 valence electrons. The maximum absolute atomic E-state index is 11.1. The SMILES string of the molecule is NNc1cccc(Oc2ccccc2CO)c1[N+](=O)[O-]. The zero-order chi connectivity index (χ0) is 14.5. The Morgan fingerprint density at radius 2 is 1.90 bits per heavy atom. The van der Waals surface area contributed by atoms with Crippen LogP contribution in [0.4, 0.5) is 11.4 Å². The Balaban J connectivity index is 2.46. The molecule has 0 aliphatic carbocycles. The van der Waals surface area contributed by atoms with E-state index in [1.54, 1.807) is 30.3 Å². The minimum Gasteiger partial charge on any atom is -0.450 e. The first-order chi connectivity index (χ1) is 9.67. The Labute approximate surface area is 114 Å². The van der Waals surface area contributed by atoms with Crippen molar-refractivity contribution >= 4 is 11.4 Å². The number of nitro benzene ring substituents is 1. The maximum atomic E-state index is 11.1. The lowest BCUT2D eigenvalue weighted by atomic mass is 10.2. The predicted octanol–water partition coefficient (Wildman–Crippen LogP) is 2.17. The molecule has 20 heavy (non-hydrogen) atoms. The van der Waals surface area contributed by atoms with Crippen molar-refractivity contribution in [2.75, 3.05) is 5.43 Å². The molecule has 0 aliphatic heterocycles. The molecule has 0 spiro atoms. The summed E-state index contributed by atoms with van der Waals surface area (Å²) in [6.45, 7) is -0.223. The monoisotopic (exact) mass is 275 g/mol. The fraction of sp³-hybridized carbons (Fsp3) is 0.0769. The van der Waals surface area contributed by atoms with Gasteiger partial charge in [0, 0.05) is 5.56 Å². The topological polar surface area (TPSA) is 111 Å². The number of nitrogen functional groups attached to an aromatic ring is 1. The highest BCUT2D eigenvalue weighted by atomic mass is 16.6. The van der Waals surface area contributed by atoms with Gasteiger partial charge in [0.05, 0.1) is 11.5 Å². The minimum absolute atomic E-state index is 0.0475. The van der Waals surface area contributed by atoms with Crippen LogP contribution in [0.25, 0.3) is 0 Å². The van der Waals surface area contributed by atoms with Gasteiger partial charge in [-0.05, 0) is 18.2 Å². The molecule has 0 bridgehead atoms. The number of hydrogen-bond acceptors (Lipinski definition) is 6. The average Bonchev–Trinajstić information content (AvgIpc) is 2.47. The molecule has 2 aromatic rings. The summed E-state index contributed by atoms with van der Waals surface area (Å²) in [6.07, 6.45) is 0. The van der Waals surface area contributed by atoms with Crippen LogP contribution in [0.1, 0.15) is 5.56 Å². The van der Waals surface area contributed by atoms with Crippen LogP contribution in [-0.4, -0.2) is 10.0 Å². The summed E-state index contributed by atoms with van der Waals surface area (Å²) in [6, 6.07) is 11.3. The second-order valence-corrected chi connectivity index (χ2v) is 3.92. The maximum Gasteiger partial charge on any atom is 0.335 e. The smallest absolute Gasteiger partial charge is 0.335 e. The van der Waals surface area contributed by atoms with E-state index in [1.165, 1.54) is 12.1 Å². The van der Waals surface area contributed by atoms with Crippen LogP contribution in [0, 0.1) is 10.1 Å². The first-order valence-corrected chi connectivity index (χ1v) is 5.78. The van der Waals surface area contributed by atoms with Crippen molar-refractivity contribution < 1.29 is 14.8 Å². The first-order valence-electron chi connectivity index (χ1n) is 5.78.